The molecule has 1 aromatic carbocycles. The molecular formula is C17H17Br2NO3. The van der Waals surface area contributed by atoms with E-state index in [0.29, 0.717) is 0 Å². The highest BCUT2D eigenvalue weighted by atomic mass is 79.9. The Morgan fingerprint density at radius 2 is 1.91 bits per heavy atom. The molecule has 0 radical (unpaired) electrons. The number of alkyl halides is 1. The number of carbonyl (C=O) groups is 2. The fourth-order valence-corrected chi connectivity index (χ4v) is 6.38. The zero-order valence-electron chi connectivity index (χ0n) is 12.8. The van der Waals surface area contributed by atoms with Gasteiger partial charge in [-0.1, -0.05) is 31.9 Å². The van der Waals surface area contributed by atoms with Gasteiger partial charge in [-0.3, -0.25) is 9.59 Å². The highest BCUT2D eigenvalue weighted by Gasteiger charge is 2.67. The van der Waals surface area contributed by atoms with Crippen LogP contribution in [-0.2, 0) is 14.3 Å². The Kier molecular flexibility index (Phi) is 3.61. The third-order valence-electron chi connectivity index (χ3n) is 5.57. The highest BCUT2D eigenvalue weighted by molar-refractivity contribution is 9.10. The molecule has 0 unspecified atom stereocenters. The lowest BCUT2D eigenvalue weighted by Gasteiger charge is -2.28. The Balaban J connectivity index is 1.62. The average molecular weight is 443 g/mol. The molecule has 2 saturated carbocycles. The third kappa shape index (κ3) is 2.21. The van der Waals surface area contributed by atoms with Gasteiger partial charge in [0.15, 0.2) is 0 Å². The van der Waals surface area contributed by atoms with Crippen molar-refractivity contribution in [2.45, 2.75) is 31.2 Å². The molecule has 4 nitrogen and oxygen atoms in total. The summed E-state index contributed by atoms with van der Waals surface area (Å²) in [6.07, 6.45) is 0.852. The summed E-state index contributed by atoms with van der Waals surface area (Å²) in [5.74, 6) is -0.447. The van der Waals surface area contributed by atoms with Gasteiger partial charge in [-0.05, 0) is 49.4 Å². The van der Waals surface area contributed by atoms with Gasteiger partial charge in [0.2, 0.25) is 5.91 Å². The molecule has 2 bridgehead atoms. The second-order valence-electron chi connectivity index (χ2n) is 6.86. The van der Waals surface area contributed by atoms with Gasteiger partial charge in [0.25, 0.3) is 0 Å². The van der Waals surface area contributed by atoms with Crippen molar-refractivity contribution in [2.24, 2.45) is 23.7 Å². The van der Waals surface area contributed by atoms with Crippen LogP contribution in [0.2, 0.25) is 0 Å². The number of nitrogens with one attached hydrogen (secondary N) is 1. The normalized spacial score (nSPS) is 37.1. The molecule has 0 spiro atoms. The first-order valence-electron chi connectivity index (χ1n) is 7.80. The van der Waals surface area contributed by atoms with Crippen molar-refractivity contribution in [1.82, 2.24) is 0 Å². The van der Waals surface area contributed by atoms with Crippen molar-refractivity contribution in [3.63, 3.8) is 0 Å². The van der Waals surface area contributed by atoms with Gasteiger partial charge in [0.1, 0.15) is 6.10 Å². The molecule has 2 aliphatic carbocycles. The van der Waals surface area contributed by atoms with Crippen molar-refractivity contribution in [3.05, 3.63) is 27.7 Å². The van der Waals surface area contributed by atoms with Gasteiger partial charge in [-0.15, -0.1) is 0 Å². The number of rotatable bonds is 2. The monoisotopic (exact) mass is 441 g/mol. The molecule has 4 rings (SSSR count). The minimum absolute atomic E-state index is 0.0438. The number of ether oxygens (including phenoxy) is 1. The van der Waals surface area contributed by atoms with E-state index < -0.39 is 0 Å². The van der Waals surface area contributed by atoms with Crippen molar-refractivity contribution in [2.75, 3.05) is 5.32 Å². The maximum absolute atomic E-state index is 12.9. The van der Waals surface area contributed by atoms with E-state index in [4.69, 9.17) is 4.74 Å². The molecule has 0 aromatic heterocycles. The Labute approximate surface area is 151 Å². The summed E-state index contributed by atoms with van der Waals surface area (Å²) in [4.78, 5) is 25.2. The van der Waals surface area contributed by atoms with Crippen LogP contribution in [0.15, 0.2) is 16.6 Å². The first-order chi connectivity index (χ1) is 10.9. The predicted octanol–water partition coefficient (Wildman–Crippen LogP) is 3.58. The van der Waals surface area contributed by atoms with Crippen molar-refractivity contribution in [3.8, 4) is 0 Å². The summed E-state index contributed by atoms with van der Waals surface area (Å²) >= 11 is 7.11. The first kappa shape index (κ1) is 15.6. The van der Waals surface area contributed by atoms with Gasteiger partial charge in [-0.2, -0.15) is 0 Å². The molecule has 3 aliphatic rings. The molecule has 1 aromatic rings. The van der Waals surface area contributed by atoms with E-state index in [-0.39, 0.29) is 46.5 Å². The number of amides is 1. The van der Waals surface area contributed by atoms with Crippen molar-refractivity contribution >= 4 is 49.4 Å². The van der Waals surface area contributed by atoms with E-state index in [2.05, 4.69) is 37.2 Å². The number of halogens is 2. The summed E-state index contributed by atoms with van der Waals surface area (Å²) in [7, 11) is 0. The van der Waals surface area contributed by atoms with Crippen LogP contribution in [0.25, 0.3) is 0 Å². The highest BCUT2D eigenvalue weighted by Crippen LogP contribution is 2.60. The lowest BCUT2D eigenvalue weighted by Crippen LogP contribution is -2.40. The molecule has 6 heteroatoms. The Morgan fingerprint density at radius 3 is 2.57 bits per heavy atom. The Bertz CT molecular complexity index is 697. The largest absolute Gasteiger partial charge is 0.461 e. The van der Waals surface area contributed by atoms with Crippen LogP contribution >= 0.6 is 31.9 Å². The first-order valence-corrected chi connectivity index (χ1v) is 9.51. The van der Waals surface area contributed by atoms with Crippen LogP contribution in [0.1, 0.15) is 17.5 Å². The van der Waals surface area contributed by atoms with Crippen LogP contribution in [0, 0.1) is 37.5 Å². The van der Waals surface area contributed by atoms with Gasteiger partial charge in [0.05, 0.1) is 16.7 Å². The van der Waals surface area contributed by atoms with E-state index in [1.165, 1.54) is 0 Å². The van der Waals surface area contributed by atoms with Crippen LogP contribution in [-0.4, -0.2) is 22.8 Å². The van der Waals surface area contributed by atoms with Crippen molar-refractivity contribution < 1.29 is 14.3 Å². The van der Waals surface area contributed by atoms with Gasteiger partial charge in [0, 0.05) is 16.1 Å². The number of esters is 1. The second-order valence-corrected chi connectivity index (χ2v) is 8.84. The smallest absolute Gasteiger partial charge is 0.310 e. The topological polar surface area (TPSA) is 55.4 Å². The summed E-state index contributed by atoms with van der Waals surface area (Å²) in [6, 6.07) is 3.97. The maximum atomic E-state index is 12.9. The van der Waals surface area contributed by atoms with Crippen LogP contribution < -0.4 is 5.32 Å². The molecular weight excluding hydrogens is 426 g/mol. The summed E-state index contributed by atoms with van der Waals surface area (Å²) < 4.78 is 6.47. The van der Waals surface area contributed by atoms with Crippen LogP contribution in [0.5, 0.6) is 0 Å². The summed E-state index contributed by atoms with van der Waals surface area (Å²) in [6.45, 7) is 3.95. The molecule has 23 heavy (non-hydrogen) atoms. The lowest BCUT2D eigenvalue weighted by atomic mass is 9.79. The zero-order valence-corrected chi connectivity index (χ0v) is 16.0. The van der Waals surface area contributed by atoms with E-state index in [1.807, 2.05) is 26.0 Å². The van der Waals surface area contributed by atoms with E-state index in [1.54, 1.807) is 0 Å². The minimum Gasteiger partial charge on any atom is -0.461 e. The number of carbonyl (C=O) groups excluding carboxylic acids is 2. The van der Waals surface area contributed by atoms with E-state index >= 15 is 0 Å². The average Bonchev–Trinajstić information content (AvgIpc) is 3.06. The van der Waals surface area contributed by atoms with E-state index in [9.17, 15) is 9.59 Å². The molecule has 122 valence electrons. The SMILES string of the molecule is Cc1cc(Br)cc(C)c1NC(=O)[C@@H]1[C@H]2C[C@H]3[C@H](OC(=O)[C@@H]31)[C@H]2Br. The Morgan fingerprint density at radius 1 is 1.26 bits per heavy atom. The number of anilines is 1. The number of hydrogen-bond donors (Lipinski definition) is 1. The molecule has 1 aliphatic heterocycles. The predicted molar refractivity (Wildman–Crippen MR) is 93.4 cm³/mol. The molecule has 3 fully saturated rings. The standard InChI is InChI=1S/C17H17Br2NO3/c1-6-3-8(18)4-7(2)14(6)20-16(21)11-9-5-10-12(11)17(22)23-15(10)13(9)19/h3-4,9-13,15H,5H2,1-2H3,(H,20,21)/t9-,10-,11-,12+,13+,15+/m1/s1. The van der Waals surface area contributed by atoms with E-state index in [0.717, 1.165) is 27.7 Å². The fourth-order valence-electron chi connectivity index (χ4n) is 4.64. The van der Waals surface area contributed by atoms with Crippen molar-refractivity contribution in [1.29, 1.82) is 0 Å². The lowest BCUT2D eigenvalue weighted by molar-refractivity contribution is -0.145. The van der Waals surface area contributed by atoms with Crippen LogP contribution in [0.4, 0.5) is 5.69 Å². The van der Waals surface area contributed by atoms with Gasteiger partial charge in [-0.25, -0.2) is 0 Å². The number of hydrogen-bond acceptors (Lipinski definition) is 3. The summed E-state index contributed by atoms with van der Waals surface area (Å²) in [5.41, 5.74) is 2.86. The van der Waals surface area contributed by atoms with Crippen LogP contribution in [0.3, 0.4) is 0 Å². The molecule has 1 saturated heterocycles. The molecule has 1 amide bonds. The molecule has 6 atom stereocenters. The van der Waals surface area contributed by atoms with Gasteiger partial charge < -0.3 is 10.1 Å². The zero-order chi connectivity index (χ0) is 16.5. The maximum Gasteiger partial charge on any atom is 0.310 e. The third-order valence-corrected chi connectivity index (χ3v) is 7.23. The molecule has 1 N–H and O–H groups in total. The Hall–Kier alpha value is -0.880. The van der Waals surface area contributed by atoms with Gasteiger partial charge >= 0.3 is 5.97 Å². The fraction of sp³-hybridized carbons (Fsp3) is 0.529. The number of fused-ring (bicyclic) bond motifs is 1. The number of aryl methyl sites for hydroxylation is 2. The second kappa shape index (κ2) is 5.31. The minimum atomic E-state index is -0.293. The molecule has 1 heterocycles. The summed E-state index contributed by atoms with van der Waals surface area (Å²) in [5, 5.41) is 3.07. The quantitative estimate of drug-likeness (QED) is 0.562. The number of benzene rings is 1.